The lowest BCUT2D eigenvalue weighted by atomic mass is 10.1. The Bertz CT molecular complexity index is 554. The van der Waals surface area contributed by atoms with E-state index in [9.17, 15) is 8.42 Å². The first kappa shape index (κ1) is 15.4. The molecule has 1 aliphatic heterocycles. The minimum Gasteiger partial charge on any atom is -0.314 e. The third-order valence-electron chi connectivity index (χ3n) is 3.63. The van der Waals surface area contributed by atoms with Gasteiger partial charge in [0.2, 0.25) is 10.0 Å². The van der Waals surface area contributed by atoms with Crippen molar-refractivity contribution in [2.75, 3.05) is 33.7 Å². The van der Waals surface area contributed by atoms with Crippen molar-refractivity contribution in [1.82, 2.24) is 25.1 Å². The number of sulfonamides is 1. The highest BCUT2D eigenvalue weighted by Crippen LogP contribution is 2.19. The van der Waals surface area contributed by atoms with Gasteiger partial charge in [-0.05, 0) is 39.9 Å². The van der Waals surface area contributed by atoms with Gasteiger partial charge in [0.05, 0.1) is 11.4 Å². The minimum atomic E-state index is -3.51. The van der Waals surface area contributed by atoms with Crippen molar-refractivity contribution in [1.29, 1.82) is 0 Å². The summed E-state index contributed by atoms with van der Waals surface area (Å²) in [5, 5.41) is 9.73. The van der Waals surface area contributed by atoms with Crippen LogP contribution in [0.5, 0.6) is 0 Å². The van der Waals surface area contributed by atoms with Gasteiger partial charge >= 0.3 is 0 Å². The predicted octanol–water partition coefficient (Wildman–Crippen LogP) is -0.332. The normalized spacial score (nSPS) is 20.6. The maximum atomic E-state index is 12.4. The molecular weight excluding hydrogens is 278 g/mol. The number of aromatic amines is 1. The fourth-order valence-corrected chi connectivity index (χ4v) is 4.08. The molecule has 114 valence electrons. The summed E-state index contributed by atoms with van der Waals surface area (Å²) < 4.78 is 27.6. The summed E-state index contributed by atoms with van der Waals surface area (Å²) in [5.74, 6) is 0.384. The molecule has 0 aliphatic carbocycles. The Morgan fingerprint density at radius 3 is 2.85 bits per heavy atom. The van der Waals surface area contributed by atoms with E-state index < -0.39 is 10.0 Å². The molecule has 3 N–H and O–H groups in total. The van der Waals surface area contributed by atoms with Gasteiger partial charge in [0.1, 0.15) is 4.90 Å². The standard InChI is InChI=1S/C12H23N5O2S/c1-9-12(11(7-13-2)16-15-9)20(18,19)14-6-10-4-5-17(3)8-10/h10,13-14H,4-8H2,1-3H3,(H,15,16). The van der Waals surface area contributed by atoms with Crippen LogP contribution < -0.4 is 10.0 Å². The molecule has 20 heavy (non-hydrogen) atoms. The van der Waals surface area contributed by atoms with Gasteiger partial charge in [0, 0.05) is 19.6 Å². The Hall–Kier alpha value is -0.960. The lowest BCUT2D eigenvalue weighted by Gasteiger charge is -2.12. The van der Waals surface area contributed by atoms with Crippen LogP contribution in [-0.4, -0.2) is 57.2 Å². The van der Waals surface area contributed by atoms with E-state index in [1.807, 2.05) is 0 Å². The van der Waals surface area contributed by atoms with E-state index in [0.29, 0.717) is 30.4 Å². The molecule has 0 aromatic carbocycles. The van der Waals surface area contributed by atoms with Gasteiger partial charge in [-0.2, -0.15) is 5.10 Å². The summed E-state index contributed by atoms with van der Waals surface area (Å²) >= 11 is 0. The van der Waals surface area contributed by atoms with E-state index in [4.69, 9.17) is 0 Å². The molecule has 0 bridgehead atoms. The van der Waals surface area contributed by atoms with Crippen molar-refractivity contribution in [3.8, 4) is 0 Å². The summed E-state index contributed by atoms with van der Waals surface area (Å²) in [6.45, 7) is 4.60. The molecule has 1 unspecified atom stereocenters. The van der Waals surface area contributed by atoms with E-state index >= 15 is 0 Å². The van der Waals surface area contributed by atoms with E-state index in [0.717, 1.165) is 19.5 Å². The summed E-state index contributed by atoms with van der Waals surface area (Å²) in [6, 6.07) is 0. The third-order valence-corrected chi connectivity index (χ3v) is 5.25. The van der Waals surface area contributed by atoms with Gasteiger partial charge < -0.3 is 10.2 Å². The molecule has 2 heterocycles. The average Bonchev–Trinajstić information content (AvgIpc) is 2.95. The molecule has 1 aliphatic rings. The Balaban J connectivity index is 2.08. The molecule has 0 amide bonds. The second-order valence-electron chi connectivity index (χ2n) is 5.42. The number of nitrogens with zero attached hydrogens (tertiary/aromatic N) is 2. The van der Waals surface area contributed by atoms with Crippen molar-refractivity contribution in [3.05, 3.63) is 11.4 Å². The monoisotopic (exact) mass is 301 g/mol. The SMILES string of the molecule is CNCc1n[nH]c(C)c1S(=O)(=O)NCC1CCN(C)C1. The Kier molecular flexibility index (Phi) is 4.79. The predicted molar refractivity (Wildman–Crippen MR) is 76.9 cm³/mol. The molecule has 1 aromatic rings. The molecule has 8 heteroatoms. The van der Waals surface area contributed by atoms with Crippen LogP contribution in [0.25, 0.3) is 0 Å². The molecule has 2 rings (SSSR count). The second kappa shape index (κ2) is 6.21. The number of H-pyrrole nitrogens is 1. The zero-order valence-corrected chi connectivity index (χ0v) is 13.0. The van der Waals surface area contributed by atoms with Gasteiger partial charge in [-0.1, -0.05) is 0 Å². The maximum absolute atomic E-state index is 12.4. The van der Waals surface area contributed by atoms with E-state index in [1.165, 1.54) is 0 Å². The quantitative estimate of drug-likeness (QED) is 0.669. The largest absolute Gasteiger partial charge is 0.314 e. The topological polar surface area (TPSA) is 90.1 Å². The number of hydrogen-bond acceptors (Lipinski definition) is 5. The van der Waals surface area contributed by atoms with Crippen LogP contribution in [0.3, 0.4) is 0 Å². The van der Waals surface area contributed by atoms with Crippen LogP contribution in [0, 0.1) is 12.8 Å². The van der Waals surface area contributed by atoms with Crippen molar-refractivity contribution in [2.24, 2.45) is 5.92 Å². The molecule has 0 radical (unpaired) electrons. The van der Waals surface area contributed by atoms with Crippen molar-refractivity contribution in [3.63, 3.8) is 0 Å². The molecule has 1 aromatic heterocycles. The highest BCUT2D eigenvalue weighted by atomic mass is 32.2. The molecule has 1 saturated heterocycles. The highest BCUT2D eigenvalue weighted by Gasteiger charge is 2.26. The van der Waals surface area contributed by atoms with Crippen molar-refractivity contribution in [2.45, 2.75) is 24.8 Å². The van der Waals surface area contributed by atoms with Gasteiger partial charge in [-0.25, -0.2) is 13.1 Å². The number of aryl methyl sites for hydroxylation is 1. The number of rotatable bonds is 6. The maximum Gasteiger partial charge on any atom is 0.244 e. The molecule has 0 saturated carbocycles. The first-order valence-corrected chi connectivity index (χ1v) is 8.29. The van der Waals surface area contributed by atoms with Crippen LogP contribution in [0.4, 0.5) is 0 Å². The average molecular weight is 301 g/mol. The second-order valence-corrected chi connectivity index (χ2v) is 7.13. The van der Waals surface area contributed by atoms with Gasteiger partial charge in [-0.3, -0.25) is 5.10 Å². The zero-order valence-electron chi connectivity index (χ0n) is 12.2. The third kappa shape index (κ3) is 3.38. The van der Waals surface area contributed by atoms with Crippen LogP contribution in [-0.2, 0) is 16.6 Å². The minimum absolute atomic E-state index is 0.276. The van der Waals surface area contributed by atoms with Crippen LogP contribution in [0.2, 0.25) is 0 Å². The smallest absolute Gasteiger partial charge is 0.244 e. The summed E-state index contributed by atoms with van der Waals surface area (Å²) in [4.78, 5) is 2.49. The number of aromatic nitrogens is 2. The van der Waals surface area contributed by atoms with Gasteiger partial charge in [0.15, 0.2) is 0 Å². The zero-order chi connectivity index (χ0) is 14.8. The Labute approximate surface area is 120 Å². The van der Waals surface area contributed by atoms with Crippen LogP contribution in [0.15, 0.2) is 4.90 Å². The molecule has 0 spiro atoms. The first-order chi connectivity index (χ1) is 9.44. The fraction of sp³-hybridized carbons (Fsp3) is 0.750. The van der Waals surface area contributed by atoms with Gasteiger partial charge in [-0.15, -0.1) is 0 Å². The van der Waals surface area contributed by atoms with E-state index in [2.05, 4.69) is 32.2 Å². The number of likely N-dealkylation sites (tertiary alicyclic amines) is 1. The molecule has 7 nitrogen and oxygen atoms in total. The first-order valence-electron chi connectivity index (χ1n) is 6.80. The highest BCUT2D eigenvalue weighted by molar-refractivity contribution is 7.89. The number of nitrogens with one attached hydrogen (secondary N) is 3. The summed E-state index contributed by atoms with van der Waals surface area (Å²) in [7, 11) is 0.314. The molecule has 1 atom stereocenters. The summed E-state index contributed by atoms with van der Waals surface area (Å²) in [5.41, 5.74) is 1.10. The van der Waals surface area contributed by atoms with Crippen LogP contribution >= 0.6 is 0 Å². The van der Waals surface area contributed by atoms with E-state index in [-0.39, 0.29) is 4.90 Å². The van der Waals surface area contributed by atoms with Crippen molar-refractivity contribution < 1.29 is 8.42 Å². The molecular formula is C12H23N5O2S. The van der Waals surface area contributed by atoms with Crippen molar-refractivity contribution >= 4 is 10.0 Å². The Morgan fingerprint density at radius 1 is 1.50 bits per heavy atom. The Morgan fingerprint density at radius 2 is 2.25 bits per heavy atom. The summed E-state index contributed by atoms with van der Waals surface area (Å²) in [6.07, 6.45) is 1.03. The number of hydrogen-bond donors (Lipinski definition) is 3. The van der Waals surface area contributed by atoms with E-state index in [1.54, 1.807) is 14.0 Å². The molecule has 1 fully saturated rings. The van der Waals surface area contributed by atoms with Gasteiger partial charge in [0.25, 0.3) is 0 Å². The fourth-order valence-electron chi connectivity index (χ4n) is 2.61. The van der Waals surface area contributed by atoms with Crippen LogP contribution in [0.1, 0.15) is 17.8 Å². The lowest BCUT2D eigenvalue weighted by Crippen LogP contribution is -2.31. The lowest BCUT2D eigenvalue weighted by molar-refractivity contribution is 0.394.